The number of nitrogens with one attached hydrogen (secondary N) is 2. The Morgan fingerprint density at radius 1 is 1.15 bits per heavy atom. The second-order valence-corrected chi connectivity index (χ2v) is 8.89. The summed E-state index contributed by atoms with van der Waals surface area (Å²) in [4.78, 5) is 39.0. The molecule has 0 saturated carbocycles. The number of halogens is 2. The zero-order valence-corrected chi connectivity index (χ0v) is 18.8. The molecule has 0 bridgehead atoms. The lowest BCUT2D eigenvalue weighted by molar-refractivity contribution is 0.0607. The predicted molar refractivity (Wildman–Crippen MR) is 118 cm³/mol. The summed E-state index contributed by atoms with van der Waals surface area (Å²) in [6.45, 7) is 0.462. The number of methoxy groups -OCH3 is 1. The third-order valence-electron chi connectivity index (χ3n) is 4.89. The van der Waals surface area contributed by atoms with Gasteiger partial charge in [-0.05, 0) is 36.4 Å². The molecule has 3 amide bonds. The monoisotopic (exact) mass is 493 g/mol. The van der Waals surface area contributed by atoms with Crippen LogP contribution in [-0.2, 0) is 4.74 Å². The van der Waals surface area contributed by atoms with Crippen molar-refractivity contribution >= 4 is 52.0 Å². The maximum absolute atomic E-state index is 13.4. The average Bonchev–Trinajstić information content (AvgIpc) is 3.55. The normalized spacial score (nSPS) is 15.4. The van der Waals surface area contributed by atoms with Crippen LogP contribution in [0.3, 0.4) is 0 Å². The van der Waals surface area contributed by atoms with Crippen LogP contribution in [0, 0.1) is 11.6 Å². The Kier molecular flexibility index (Phi) is 6.60. The van der Waals surface area contributed by atoms with E-state index >= 15 is 0 Å². The maximum atomic E-state index is 13.4. The topological polar surface area (TPSA) is 114 Å². The summed E-state index contributed by atoms with van der Waals surface area (Å²) in [6.07, 6.45) is 1.35. The number of carbonyl (C=O) groups is 3. The van der Waals surface area contributed by atoms with Gasteiger partial charge in [0.05, 0.1) is 18.8 Å². The number of anilines is 2. The number of amides is 3. The first kappa shape index (κ1) is 22.7. The molecule has 172 valence electrons. The maximum Gasteiger partial charge on any atom is 0.350 e. The smallest absolute Gasteiger partial charge is 0.350 e. The lowest BCUT2D eigenvalue weighted by Gasteiger charge is -2.23. The lowest BCUT2D eigenvalue weighted by Crippen LogP contribution is -2.34. The van der Waals surface area contributed by atoms with Crippen LogP contribution >= 0.6 is 22.7 Å². The number of aromatic nitrogens is 2. The van der Waals surface area contributed by atoms with E-state index in [0.717, 1.165) is 41.2 Å². The summed E-state index contributed by atoms with van der Waals surface area (Å²) < 4.78 is 31.2. The van der Waals surface area contributed by atoms with Gasteiger partial charge in [-0.3, -0.25) is 4.79 Å². The highest BCUT2D eigenvalue weighted by molar-refractivity contribution is 7.13. The van der Waals surface area contributed by atoms with E-state index in [-0.39, 0.29) is 15.6 Å². The van der Waals surface area contributed by atoms with Gasteiger partial charge in [0.1, 0.15) is 9.88 Å². The fourth-order valence-corrected chi connectivity index (χ4v) is 4.98. The van der Waals surface area contributed by atoms with Gasteiger partial charge in [0, 0.05) is 18.3 Å². The minimum atomic E-state index is -1.08. The van der Waals surface area contributed by atoms with Crippen LogP contribution in [0.5, 0.6) is 0 Å². The number of carbonyl (C=O) groups excluding carboxylic acids is 3. The summed E-state index contributed by atoms with van der Waals surface area (Å²) in [6, 6.07) is 3.81. The van der Waals surface area contributed by atoms with Gasteiger partial charge >= 0.3 is 12.0 Å². The largest absolute Gasteiger partial charge is 0.465 e. The van der Waals surface area contributed by atoms with Crippen LogP contribution < -0.4 is 10.6 Å². The van der Waals surface area contributed by atoms with E-state index in [4.69, 9.17) is 4.74 Å². The van der Waals surface area contributed by atoms with E-state index in [1.165, 1.54) is 13.2 Å². The van der Waals surface area contributed by atoms with Crippen molar-refractivity contribution in [3.05, 3.63) is 56.2 Å². The molecule has 33 heavy (non-hydrogen) atoms. The highest BCUT2D eigenvalue weighted by atomic mass is 32.1. The first-order chi connectivity index (χ1) is 15.9. The van der Waals surface area contributed by atoms with Gasteiger partial charge in [0.15, 0.2) is 11.6 Å². The number of likely N-dealkylation sites (tertiary alicyclic amines) is 1. The third kappa shape index (κ3) is 4.83. The molecule has 13 heteroatoms. The molecule has 1 fully saturated rings. The Bertz CT molecular complexity index is 1210. The summed E-state index contributed by atoms with van der Waals surface area (Å²) >= 11 is 2.17. The Hall–Kier alpha value is -3.45. The molecule has 1 aliphatic heterocycles. The van der Waals surface area contributed by atoms with Gasteiger partial charge in [-0.15, -0.1) is 21.5 Å². The van der Waals surface area contributed by atoms with Crippen LogP contribution in [0.4, 0.5) is 25.0 Å². The number of benzene rings is 1. The summed E-state index contributed by atoms with van der Waals surface area (Å²) in [5, 5.41) is 15.3. The van der Waals surface area contributed by atoms with Crippen molar-refractivity contribution in [1.82, 2.24) is 15.1 Å². The zero-order valence-electron chi connectivity index (χ0n) is 17.1. The van der Waals surface area contributed by atoms with E-state index in [1.54, 1.807) is 16.3 Å². The molecule has 9 nitrogen and oxygen atoms in total. The standard InChI is InChI=1S/C20H17F2N5O4S2/c1-31-19(29)15-13(6-8-32-15)24-20(30)27-7-2-3-14(27)17-25-26-18(33-17)16(28)23-10-4-5-11(21)12(22)9-10/h4-6,8-9,14H,2-3,7H2,1H3,(H,23,28)(H,24,30). The molecule has 1 aliphatic rings. The van der Waals surface area contributed by atoms with E-state index < -0.39 is 35.6 Å². The predicted octanol–water partition coefficient (Wildman–Crippen LogP) is 4.29. The SMILES string of the molecule is COC(=O)c1sccc1NC(=O)N1CCCC1c1nnc(C(=O)Nc2ccc(F)c(F)c2)s1. The number of rotatable bonds is 5. The fourth-order valence-electron chi connectivity index (χ4n) is 3.33. The van der Waals surface area contributed by atoms with Crippen molar-refractivity contribution in [3.8, 4) is 0 Å². The molecule has 0 aliphatic carbocycles. The molecular weight excluding hydrogens is 476 g/mol. The molecular formula is C20H17F2N5O4S2. The molecule has 1 saturated heterocycles. The van der Waals surface area contributed by atoms with Gasteiger partial charge in [-0.1, -0.05) is 11.3 Å². The van der Waals surface area contributed by atoms with Crippen molar-refractivity contribution in [3.63, 3.8) is 0 Å². The Morgan fingerprint density at radius 2 is 1.97 bits per heavy atom. The Labute approximate surface area is 194 Å². The van der Waals surface area contributed by atoms with E-state index in [9.17, 15) is 23.2 Å². The Morgan fingerprint density at radius 3 is 2.73 bits per heavy atom. The lowest BCUT2D eigenvalue weighted by atomic mass is 10.2. The molecule has 1 unspecified atom stereocenters. The molecule has 2 N–H and O–H groups in total. The van der Waals surface area contributed by atoms with Gasteiger partial charge in [-0.2, -0.15) is 0 Å². The molecule has 3 aromatic rings. The second-order valence-electron chi connectivity index (χ2n) is 6.97. The van der Waals surface area contributed by atoms with Crippen molar-refractivity contribution < 1.29 is 27.9 Å². The molecule has 3 heterocycles. The van der Waals surface area contributed by atoms with Crippen LogP contribution in [0.1, 0.15) is 43.4 Å². The molecule has 2 aromatic heterocycles. The van der Waals surface area contributed by atoms with E-state index in [2.05, 4.69) is 20.8 Å². The highest BCUT2D eigenvalue weighted by Gasteiger charge is 2.34. The highest BCUT2D eigenvalue weighted by Crippen LogP contribution is 2.35. The Balaban J connectivity index is 1.45. The van der Waals surface area contributed by atoms with Crippen molar-refractivity contribution in [2.75, 3.05) is 24.3 Å². The number of nitrogens with zero attached hydrogens (tertiary/aromatic N) is 3. The minimum Gasteiger partial charge on any atom is -0.465 e. The average molecular weight is 494 g/mol. The molecule has 4 rings (SSSR count). The summed E-state index contributed by atoms with van der Waals surface area (Å²) in [5.41, 5.74) is 0.432. The number of esters is 1. The number of ether oxygens (including phenoxy) is 1. The second kappa shape index (κ2) is 9.58. The third-order valence-corrected chi connectivity index (χ3v) is 6.81. The molecule has 0 spiro atoms. The first-order valence-corrected chi connectivity index (χ1v) is 11.4. The van der Waals surface area contributed by atoms with E-state index in [0.29, 0.717) is 23.7 Å². The number of urea groups is 1. The number of hydrogen-bond acceptors (Lipinski definition) is 8. The number of thiophene rings is 1. The fraction of sp³-hybridized carbons (Fsp3) is 0.250. The molecule has 1 aromatic carbocycles. The van der Waals surface area contributed by atoms with Crippen LogP contribution in [-0.4, -0.2) is 46.7 Å². The zero-order chi connectivity index (χ0) is 23.5. The minimum absolute atomic E-state index is 0.0211. The van der Waals surface area contributed by atoms with Crippen LogP contribution in [0.2, 0.25) is 0 Å². The van der Waals surface area contributed by atoms with Crippen LogP contribution in [0.15, 0.2) is 29.6 Å². The first-order valence-electron chi connectivity index (χ1n) is 9.70. The van der Waals surface area contributed by atoms with Crippen molar-refractivity contribution in [2.24, 2.45) is 0 Å². The van der Waals surface area contributed by atoms with Crippen molar-refractivity contribution in [1.29, 1.82) is 0 Å². The van der Waals surface area contributed by atoms with Gasteiger partial charge in [0.2, 0.25) is 5.01 Å². The summed E-state index contributed by atoms with van der Waals surface area (Å²) in [5.74, 6) is -3.27. The number of hydrogen-bond donors (Lipinski definition) is 2. The quantitative estimate of drug-likeness (QED) is 0.513. The van der Waals surface area contributed by atoms with Gasteiger partial charge in [-0.25, -0.2) is 18.4 Å². The van der Waals surface area contributed by atoms with Gasteiger partial charge in [0.25, 0.3) is 5.91 Å². The van der Waals surface area contributed by atoms with Crippen LogP contribution in [0.25, 0.3) is 0 Å². The molecule has 1 atom stereocenters. The molecule has 0 radical (unpaired) electrons. The van der Waals surface area contributed by atoms with Gasteiger partial charge < -0.3 is 20.3 Å². The summed E-state index contributed by atoms with van der Waals surface area (Å²) in [7, 11) is 1.26. The van der Waals surface area contributed by atoms with E-state index in [1.807, 2.05) is 0 Å². The van der Waals surface area contributed by atoms with Crippen molar-refractivity contribution in [2.45, 2.75) is 18.9 Å².